The maximum Gasteiger partial charge on any atom is 0.356 e. The molecule has 0 aromatic heterocycles. The Labute approximate surface area is 135 Å². The van der Waals surface area contributed by atoms with Gasteiger partial charge in [-0.1, -0.05) is 6.58 Å². The molecule has 0 saturated heterocycles. The topological polar surface area (TPSA) is 61.8 Å². The summed E-state index contributed by atoms with van der Waals surface area (Å²) < 4.78 is 14.5. The van der Waals surface area contributed by atoms with Crippen molar-refractivity contribution in [1.29, 1.82) is 0 Å². The van der Waals surface area contributed by atoms with Crippen LogP contribution in [-0.2, 0) is 13.8 Å². The van der Waals surface area contributed by atoms with Gasteiger partial charge in [0, 0.05) is 6.08 Å². The highest BCUT2D eigenvalue weighted by Crippen LogP contribution is 2.14. The van der Waals surface area contributed by atoms with Gasteiger partial charge in [-0.3, -0.25) is 0 Å². The Hall–Kier alpha value is -2.01. The van der Waals surface area contributed by atoms with Crippen molar-refractivity contribution in [2.24, 2.45) is 0 Å². The third kappa shape index (κ3) is 7.13. The third-order valence-corrected chi connectivity index (χ3v) is 3.02. The van der Waals surface area contributed by atoms with Crippen molar-refractivity contribution in [3.63, 3.8) is 0 Å². The number of halogens is 1. The molecule has 1 aromatic rings. The van der Waals surface area contributed by atoms with Crippen molar-refractivity contribution in [2.45, 2.75) is 25.7 Å². The fourth-order valence-electron chi connectivity index (χ4n) is 1.71. The van der Waals surface area contributed by atoms with Crippen LogP contribution in [0.5, 0.6) is 5.75 Å². The zero-order valence-electron chi connectivity index (χ0n) is 12.3. The summed E-state index contributed by atoms with van der Waals surface area (Å²) in [7, 11) is 0. The van der Waals surface area contributed by atoms with Crippen molar-refractivity contribution in [3.8, 4) is 5.75 Å². The van der Waals surface area contributed by atoms with Crippen LogP contribution in [0.25, 0.3) is 0 Å². The molecule has 0 bridgehead atoms. The lowest BCUT2D eigenvalue weighted by atomic mass is 10.2. The Bertz CT molecular complexity index is 484. The Morgan fingerprint density at radius 1 is 1.05 bits per heavy atom. The standard InChI is InChI=1S/C16H19ClO5/c1-2-15(18)21-12-6-4-3-5-11-20-14-9-7-13(8-10-14)16(19)22-17/h2,7-10H,1,3-6,11-12H2. The van der Waals surface area contributed by atoms with Crippen LogP contribution in [0.4, 0.5) is 0 Å². The first-order valence-corrected chi connectivity index (χ1v) is 7.33. The maximum atomic E-state index is 11.1. The summed E-state index contributed by atoms with van der Waals surface area (Å²) in [6.07, 6.45) is 4.85. The van der Waals surface area contributed by atoms with Gasteiger partial charge in [-0.25, -0.2) is 9.59 Å². The van der Waals surface area contributed by atoms with Crippen LogP contribution in [0.3, 0.4) is 0 Å². The van der Waals surface area contributed by atoms with Gasteiger partial charge in [-0.2, -0.15) is 0 Å². The molecule has 0 unspecified atom stereocenters. The fourth-order valence-corrected chi connectivity index (χ4v) is 1.80. The van der Waals surface area contributed by atoms with Gasteiger partial charge in [0.05, 0.1) is 18.8 Å². The summed E-state index contributed by atoms with van der Waals surface area (Å²) in [5.41, 5.74) is 0.372. The molecule has 1 aromatic carbocycles. The number of carbonyl (C=O) groups is 2. The molecule has 0 atom stereocenters. The first kappa shape index (κ1) is 18.0. The Balaban J connectivity index is 2.08. The molecule has 0 radical (unpaired) electrons. The minimum absolute atomic E-state index is 0.372. The first-order chi connectivity index (χ1) is 10.7. The monoisotopic (exact) mass is 326 g/mol. The number of hydrogen-bond donors (Lipinski definition) is 0. The Morgan fingerprint density at radius 2 is 1.68 bits per heavy atom. The van der Waals surface area contributed by atoms with Crippen LogP contribution in [-0.4, -0.2) is 25.2 Å². The van der Waals surface area contributed by atoms with E-state index in [1.54, 1.807) is 24.3 Å². The zero-order chi connectivity index (χ0) is 16.2. The molecular formula is C16H19ClO5. The molecular weight excluding hydrogens is 308 g/mol. The molecule has 0 N–H and O–H groups in total. The SMILES string of the molecule is C=CC(=O)OCCCCCCOc1ccc(C(=O)OCl)cc1. The first-order valence-electron chi connectivity index (χ1n) is 7.02. The van der Waals surface area contributed by atoms with E-state index in [0.717, 1.165) is 31.8 Å². The summed E-state index contributed by atoms with van der Waals surface area (Å²) >= 11 is 4.99. The van der Waals surface area contributed by atoms with Gasteiger partial charge < -0.3 is 13.8 Å². The van der Waals surface area contributed by atoms with Crippen molar-refractivity contribution in [3.05, 3.63) is 42.5 Å². The quantitative estimate of drug-likeness (QED) is 0.373. The number of carbonyl (C=O) groups excluding carboxylic acids is 2. The van der Waals surface area contributed by atoms with Crippen LogP contribution in [0.15, 0.2) is 36.9 Å². The number of unbranched alkanes of at least 4 members (excludes halogenated alkanes) is 3. The molecule has 0 saturated carbocycles. The smallest absolute Gasteiger partial charge is 0.356 e. The second-order valence-corrected chi connectivity index (χ2v) is 4.68. The van der Waals surface area contributed by atoms with E-state index >= 15 is 0 Å². The minimum atomic E-state index is -0.592. The molecule has 0 aliphatic rings. The summed E-state index contributed by atoms with van der Waals surface area (Å²) in [6.45, 7) is 4.33. The summed E-state index contributed by atoms with van der Waals surface area (Å²) in [5, 5.41) is 0. The number of benzene rings is 1. The van der Waals surface area contributed by atoms with E-state index in [-0.39, 0.29) is 5.97 Å². The lowest BCUT2D eigenvalue weighted by Gasteiger charge is -2.06. The zero-order valence-corrected chi connectivity index (χ0v) is 13.0. The predicted octanol–water partition coefficient (Wildman–Crippen LogP) is 3.67. The molecule has 0 aliphatic heterocycles. The second-order valence-electron chi connectivity index (χ2n) is 4.52. The van der Waals surface area contributed by atoms with E-state index in [1.165, 1.54) is 0 Å². The van der Waals surface area contributed by atoms with Gasteiger partial charge in [0.1, 0.15) is 17.6 Å². The van der Waals surface area contributed by atoms with Gasteiger partial charge in [-0.15, -0.1) is 0 Å². The highest BCUT2D eigenvalue weighted by molar-refractivity contribution is 6.15. The lowest BCUT2D eigenvalue weighted by molar-refractivity contribution is -0.137. The average molecular weight is 327 g/mol. The van der Waals surface area contributed by atoms with Gasteiger partial charge >= 0.3 is 11.9 Å². The van der Waals surface area contributed by atoms with Crippen LogP contribution < -0.4 is 4.74 Å². The lowest BCUT2D eigenvalue weighted by Crippen LogP contribution is -2.02. The van der Waals surface area contributed by atoms with E-state index in [1.807, 2.05) is 0 Å². The molecule has 120 valence electrons. The van der Waals surface area contributed by atoms with Gasteiger partial charge in [-0.05, 0) is 49.9 Å². The third-order valence-electron chi connectivity index (χ3n) is 2.88. The van der Waals surface area contributed by atoms with Crippen molar-refractivity contribution < 1.29 is 23.4 Å². The van der Waals surface area contributed by atoms with Crippen LogP contribution in [0.1, 0.15) is 36.0 Å². The molecule has 0 fully saturated rings. The van der Waals surface area contributed by atoms with Gasteiger partial charge in [0.15, 0.2) is 0 Å². The predicted molar refractivity (Wildman–Crippen MR) is 82.8 cm³/mol. The number of hydrogen-bond acceptors (Lipinski definition) is 5. The summed E-state index contributed by atoms with van der Waals surface area (Å²) in [6, 6.07) is 6.57. The molecule has 22 heavy (non-hydrogen) atoms. The number of ether oxygens (including phenoxy) is 2. The molecule has 0 heterocycles. The molecule has 1 rings (SSSR count). The number of esters is 1. The van der Waals surface area contributed by atoms with E-state index in [4.69, 9.17) is 21.3 Å². The Morgan fingerprint density at radius 3 is 2.27 bits per heavy atom. The highest BCUT2D eigenvalue weighted by atomic mass is 35.5. The molecule has 6 heteroatoms. The second kappa shape index (κ2) is 10.7. The largest absolute Gasteiger partial charge is 0.494 e. The molecule has 0 amide bonds. The van der Waals surface area contributed by atoms with Crippen molar-refractivity contribution in [1.82, 2.24) is 0 Å². The normalized spacial score (nSPS) is 9.86. The van der Waals surface area contributed by atoms with Gasteiger partial charge in [0.2, 0.25) is 0 Å². The van der Waals surface area contributed by atoms with Crippen LogP contribution >= 0.6 is 11.9 Å². The summed E-state index contributed by atoms with van der Waals surface area (Å²) in [4.78, 5) is 21.9. The van der Waals surface area contributed by atoms with E-state index in [9.17, 15) is 9.59 Å². The molecule has 0 spiro atoms. The van der Waals surface area contributed by atoms with Crippen molar-refractivity contribution >= 4 is 23.8 Å². The van der Waals surface area contributed by atoms with Crippen LogP contribution in [0.2, 0.25) is 0 Å². The van der Waals surface area contributed by atoms with Crippen molar-refractivity contribution in [2.75, 3.05) is 13.2 Å². The Kier molecular flexibility index (Phi) is 8.76. The molecule has 5 nitrogen and oxygen atoms in total. The molecule has 0 aliphatic carbocycles. The minimum Gasteiger partial charge on any atom is -0.494 e. The highest BCUT2D eigenvalue weighted by Gasteiger charge is 2.05. The van der Waals surface area contributed by atoms with E-state index in [2.05, 4.69) is 10.9 Å². The van der Waals surface area contributed by atoms with Crippen LogP contribution in [0, 0.1) is 0 Å². The fraction of sp³-hybridized carbons (Fsp3) is 0.375. The number of rotatable bonds is 10. The van der Waals surface area contributed by atoms with E-state index in [0.29, 0.717) is 24.5 Å². The summed E-state index contributed by atoms with van der Waals surface area (Å²) in [5.74, 6) is -0.291. The average Bonchev–Trinajstić information content (AvgIpc) is 2.56. The van der Waals surface area contributed by atoms with E-state index < -0.39 is 5.97 Å². The maximum absolute atomic E-state index is 11.1. The van der Waals surface area contributed by atoms with Gasteiger partial charge in [0.25, 0.3) is 0 Å².